The van der Waals surface area contributed by atoms with Gasteiger partial charge in [-0.15, -0.1) is 0 Å². The van der Waals surface area contributed by atoms with E-state index in [0.717, 1.165) is 80.9 Å². The molecule has 2 aliphatic heterocycles. The number of halogens is 2. The van der Waals surface area contributed by atoms with Gasteiger partial charge < -0.3 is 15.5 Å². The highest BCUT2D eigenvalue weighted by atomic mass is 35.5. The van der Waals surface area contributed by atoms with Crippen LogP contribution in [0.1, 0.15) is 52.0 Å². The Balaban J connectivity index is 0.859. The molecule has 2 aromatic carbocycles. The summed E-state index contributed by atoms with van der Waals surface area (Å²) in [6.45, 7) is 4.01. The molecule has 3 aromatic heterocycles. The number of aromatic nitrogens is 3. The molecule has 2 amide bonds. The second-order valence-electron chi connectivity index (χ2n) is 13.1. The molecule has 260 valence electrons. The number of hydrogen-bond acceptors (Lipinski definition) is 7. The Morgan fingerprint density at radius 1 is 0.706 bits per heavy atom. The number of carbonyl (C=O) groups is 2. The van der Waals surface area contributed by atoms with Gasteiger partial charge in [-0.2, -0.15) is 0 Å². The fraction of sp³-hybridized carbons (Fsp3) is 0.275. The highest BCUT2D eigenvalue weighted by Gasteiger charge is 2.25. The summed E-state index contributed by atoms with van der Waals surface area (Å²) >= 11 is 6.67. The summed E-state index contributed by atoms with van der Waals surface area (Å²) in [6, 6.07) is 21.9. The summed E-state index contributed by atoms with van der Waals surface area (Å²) in [4.78, 5) is 43.8. The third-order valence-electron chi connectivity index (χ3n) is 9.72. The Morgan fingerprint density at radius 3 is 1.90 bits per heavy atom. The van der Waals surface area contributed by atoms with E-state index in [2.05, 4.69) is 42.5 Å². The first kappa shape index (κ1) is 34.3. The molecule has 2 N–H and O–H groups in total. The van der Waals surface area contributed by atoms with Gasteiger partial charge >= 0.3 is 0 Å². The molecule has 11 heteroatoms. The molecule has 0 atom stereocenters. The molecule has 0 bridgehead atoms. The minimum absolute atomic E-state index is 0.0397. The Hall–Kier alpha value is -5.19. The maximum absolute atomic E-state index is 15.3. The fourth-order valence-corrected chi connectivity index (χ4v) is 7.20. The van der Waals surface area contributed by atoms with Crippen molar-refractivity contribution in [2.75, 3.05) is 31.1 Å². The first-order chi connectivity index (χ1) is 24.9. The molecule has 0 radical (unpaired) electrons. The number of amides is 2. The minimum Gasteiger partial charge on any atom is -0.356 e. The van der Waals surface area contributed by atoms with Crippen molar-refractivity contribution in [3.63, 3.8) is 0 Å². The van der Waals surface area contributed by atoms with E-state index in [1.54, 1.807) is 55.1 Å². The van der Waals surface area contributed by atoms with Gasteiger partial charge in [-0.3, -0.25) is 24.5 Å². The van der Waals surface area contributed by atoms with Crippen LogP contribution in [0, 0.1) is 5.82 Å². The topological polar surface area (TPSA) is 103 Å². The van der Waals surface area contributed by atoms with Gasteiger partial charge in [0.05, 0.1) is 16.1 Å². The van der Waals surface area contributed by atoms with Crippen molar-refractivity contribution >= 4 is 29.2 Å². The molecule has 51 heavy (non-hydrogen) atoms. The number of rotatable bonds is 9. The van der Waals surface area contributed by atoms with Crippen LogP contribution in [0.4, 0.5) is 10.2 Å². The minimum atomic E-state index is -0.537. The molecule has 2 fully saturated rings. The third kappa shape index (κ3) is 8.08. The van der Waals surface area contributed by atoms with Gasteiger partial charge in [0.25, 0.3) is 11.8 Å². The smallest absolute Gasteiger partial charge is 0.254 e. The average Bonchev–Trinajstić information content (AvgIpc) is 3.17. The van der Waals surface area contributed by atoms with Gasteiger partial charge in [0.2, 0.25) is 0 Å². The van der Waals surface area contributed by atoms with Crippen molar-refractivity contribution in [2.45, 2.75) is 44.3 Å². The largest absolute Gasteiger partial charge is 0.356 e. The van der Waals surface area contributed by atoms with E-state index in [1.165, 1.54) is 6.07 Å². The monoisotopic (exact) mass is 703 g/mol. The van der Waals surface area contributed by atoms with Gasteiger partial charge in [-0.1, -0.05) is 54.1 Å². The number of benzene rings is 2. The van der Waals surface area contributed by atoms with Gasteiger partial charge in [0, 0.05) is 98.0 Å². The maximum Gasteiger partial charge on any atom is 0.254 e. The van der Waals surface area contributed by atoms with Gasteiger partial charge in [0.15, 0.2) is 0 Å². The number of anilines is 1. The van der Waals surface area contributed by atoms with Crippen LogP contribution in [0.25, 0.3) is 22.3 Å². The van der Waals surface area contributed by atoms with Crippen LogP contribution in [0.3, 0.4) is 0 Å². The van der Waals surface area contributed by atoms with Crippen molar-refractivity contribution < 1.29 is 14.0 Å². The molecular formula is C40H39ClFN7O2. The summed E-state index contributed by atoms with van der Waals surface area (Å²) in [5.41, 5.74) is 4.30. The summed E-state index contributed by atoms with van der Waals surface area (Å²) < 4.78 is 15.3. The molecular weight excluding hydrogens is 665 g/mol. The SMILES string of the molecule is O=C(NC1CCN(c2ccc(CN3CCC(NC(=O)c4cccc(-c5cccnc5)c4Cl)CC3)cn2)CC1)c1cccc(-c2cccnc2)c1F. The number of nitrogens with one attached hydrogen (secondary N) is 2. The summed E-state index contributed by atoms with van der Waals surface area (Å²) in [6.07, 6.45) is 11.8. The molecule has 0 spiro atoms. The third-order valence-corrected chi connectivity index (χ3v) is 10.1. The Kier molecular flexibility index (Phi) is 10.6. The molecule has 9 nitrogen and oxygen atoms in total. The predicted octanol–water partition coefficient (Wildman–Crippen LogP) is 6.79. The Bertz CT molecular complexity index is 1970. The van der Waals surface area contributed by atoms with Crippen LogP contribution in [-0.4, -0.2) is 69.9 Å². The van der Waals surface area contributed by atoms with Crippen LogP contribution in [0.5, 0.6) is 0 Å². The first-order valence-corrected chi connectivity index (χ1v) is 17.7. The molecule has 0 unspecified atom stereocenters. The van der Waals surface area contributed by atoms with E-state index in [0.29, 0.717) is 21.7 Å². The van der Waals surface area contributed by atoms with Crippen LogP contribution in [0.2, 0.25) is 5.02 Å². The molecule has 2 saturated heterocycles. The lowest BCUT2D eigenvalue weighted by molar-refractivity contribution is 0.0905. The zero-order chi connectivity index (χ0) is 35.2. The normalized spacial score (nSPS) is 15.8. The first-order valence-electron chi connectivity index (χ1n) is 17.3. The second-order valence-corrected chi connectivity index (χ2v) is 13.5. The van der Waals surface area contributed by atoms with Crippen molar-refractivity contribution in [1.29, 1.82) is 0 Å². The Labute approximate surface area is 301 Å². The summed E-state index contributed by atoms with van der Waals surface area (Å²) in [7, 11) is 0. The van der Waals surface area contributed by atoms with Crippen LogP contribution >= 0.6 is 11.6 Å². The second kappa shape index (κ2) is 15.8. The van der Waals surface area contributed by atoms with Crippen LogP contribution < -0.4 is 15.5 Å². The lowest BCUT2D eigenvalue weighted by Crippen LogP contribution is -2.45. The highest BCUT2D eigenvalue weighted by molar-refractivity contribution is 6.36. The zero-order valence-electron chi connectivity index (χ0n) is 28.1. The summed E-state index contributed by atoms with van der Waals surface area (Å²) in [5.74, 6) is -0.186. The lowest BCUT2D eigenvalue weighted by Gasteiger charge is -2.34. The quantitative estimate of drug-likeness (QED) is 0.174. The molecule has 7 rings (SSSR count). The van der Waals surface area contributed by atoms with E-state index in [-0.39, 0.29) is 23.6 Å². The molecule has 5 aromatic rings. The number of hydrogen-bond donors (Lipinski definition) is 2. The molecule has 0 aliphatic carbocycles. The highest BCUT2D eigenvalue weighted by Crippen LogP contribution is 2.31. The van der Waals surface area contributed by atoms with E-state index in [1.807, 2.05) is 30.5 Å². The standard InChI is InChI=1S/C40H39ClFN7O2/c41-37-32(28-5-3-17-43-24-28)7-1-9-34(37)39(50)46-30-13-19-48(20-14-30)26-27-11-12-36(45-23-27)49-21-15-31(16-22-49)47-40(51)35-10-2-8-33(38(35)42)29-6-4-18-44-25-29/h1-12,17-18,23-25,30-31H,13-16,19-22,26H2,(H,46,50)(H,47,51). The average molecular weight is 704 g/mol. The predicted molar refractivity (Wildman–Crippen MR) is 197 cm³/mol. The van der Waals surface area contributed by atoms with Gasteiger partial charge in [-0.05, 0) is 61.6 Å². The van der Waals surface area contributed by atoms with E-state index >= 15 is 4.39 Å². The van der Waals surface area contributed by atoms with Gasteiger partial charge in [-0.25, -0.2) is 9.37 Å². The van der Waals surface area contributed by atoms with Crippen LogP contribution in [-0.2, 0) is 6.54 Å². The lowest BCUT2D eigenvalue weighted by atomic mass is 10.0. The number of piperidine rings is 2. The molecule has 5 heterocycles. The number of carbonyl (C=O) groups excluding carboxylic acids is 2. The van der Waals surface area contributed by atoms with Crippen molar-refractivity contribution in [1.82, 2.24) is 30.5 Å². The van der Waals surface area contributed by atoms with E-state index in [9.17, 15) is 9.59 Å². The van der Waals surface area contributed by atoms with E-state index < -0.39 is 11.7 Å². The van der Waals surface area contributed by atoms with E-state index in [4.69, 9.17) is 16.6 Å². The van der Waals surface area contributed by atoms with Crippen LogP contribution in [0.15, 0.2) is 104 Å². The zero-order valence-corrected chi connectivity index (χ0v) is 28.9. The van der Waals surface area contributed by atoms with Gasteiger partial charge in [0.1, 0.15) is 11.6 Å². The van der Waals surface area contributed by atoms with Crippen molar-refractivity contribution in [3.05, 3.63) is 131 Å². The fourth-order valence-electron chi connectivity index (χ4n) is 6.87. The molecule has 2 aliphatic rings. The van der Waals surface area contributed by atoms with Crippen molar-refractivity contribution in [2.24, 2.45) is 0 Å². The number of likely N-dealkylation sites (tertiary alicyclic amines) is 1. The Morgan fingerprint density at radius 2 is 1.29 bits per heavy atom. The van der Waals surface area contributed by atoms with Crippen molar-refractivity contribution in [3.8, 4) is 22.3 Å². The number of pyridine rings is 3. The summed E-state index contributed by atoms with van der Waals surface area (Å²) in [5, 5.41) is 6.66. The maximum atomic E-state index is 15.3. The molecule has 0 saturated carbocycles. The number of nitrogens with zero attached hydrogens (tertiary/aromatic N) is 5.